The highest BCUT2D eigenvalue weighted by atomic mass is 35.5. The number of fused-ring (bicyclic) bond motifs is 1. The van der Waals surface area contributed by atoms with Gasteiger partial charge in [-0.15, -0.1) is 12.4 Å². The van der Waals surface area contributed by atoms with Crippen molar-refractivity contribution in [3.8, 4) is 0 Å². The molecule has 100 valence electrons. The predicted molar refractivity (Wildman–Crippen MR) is 71.2 cm³/mol. The topological polar surface area (TPSA) is 87.8 Å². The second-order valence-electron chi connectivity index (χ2n) is 4.11. The minimum absolute atomic E-state index is 0. The first-order valence-corrected chi connectivity index (χ1v) is 5.31. The average Bonchev–Trinajstić information content (AvgIpc) is 2.77. The first-order chi connectivity index (χ1) is 7.99. The van der Waals surface area contributed by atoms with E-state index < -0.39 is 0 Å². The van der Waals surface area contributed by atoms with Crippen molar-refractivity contribution in [1.82, 2.24) is 18.7 Å². The molecule has 0 bridgehead atoms. The fraction of sp³-hybridized carbons (Fsp3) is 0.500. The summed E-state index contributed by atoms with van der Waals surface area (Å²) in [4.78, 5) is 27.9. The van der Waals surface area contributed by atoms with E-state index in [0.29, 0.717) is 17.7 Å². The zero-order valence-electron chi connectivity index (χ0n) is 10.5. The molecule has 2 heterocycles. The van der Waals surface area contributed by atoms with Crippen molar-refractivity contribution in [2.75, 3.05) is 6.54 Å². The quantitative estimate of drug-likeness (QED) is 0.790. The number of halogens is 1. The number of hydrogen-bond donors (Lipinski definition) is 1. The van der Waals surface area contributed by atoms with Gasteiger partial charge < -0.3 is 10.3 Å². The standard InChI is InChI=1S/C10H15N5O2.ClH/c1-6(4-11)15-5-12-8-7(15)9(16)14(3)10(17)13(8)2;/h5-6H,4,11H2,1-3H3;1H. The van der Waals surface area contributed by atoms with Gasteiger partial charge in [-0.3, -0.25) is 13.9 Å². The normalized spacial score (nSPS) is 12.4. The summed E-state index contributed by atoms with van der Waals surface area (Å²) in [5.74, 6) is 0. The van der Waals surface area contributed by atoms with Crippen molar-refractivity contribution in [3.05, 3.63) is 27.2 Å². The van der Waals surface area contributed by atoms with Crippen molar-refractivity contribution < 1.29 is 0 Å². The fourth-order valence-corrected chi connectivity index (χ4v) is 1.81. The first-order valence-electron chi connectivity index (χ1n) is 5.31. The van der Waals surface area contributed by atoms with E-state index in [1.165, 1.54) is 11.6 Å². The Hall–Kier alpha value is -1.60. The molecule has 8 heteroatoms. The Morgan fingerprint density at radius 3 is 2.50 bits per heavy atom. The van der Waals surface area contributed by atoms with E-state index in [0.717, 1.165) is 4.57 Å². The molecule has 0 aliphatic carbocycles. The third-order valence-electron chi connectivity index (χ3n) is 2.99. The molecule has 2 N–H and O–H groups in total. The molecule has 0 radical (unpaired) electrons. The number of nitrogens with two attached hydrogens (primary N) is 1. The summed E-state index contributed by atoms with van der Waals surface area (Å²) < 4.78 is 4.14. The molecule has 18 heavy (non-hydrogen) atoms. The lowest BCUT2D eigenvalue weighted by atomic mass is 10.3. The molecule has 2 aromatic heterocycles. The molecule has 0 aliphatic rings. The zero-order valence-corrected chi connectivity index (χ0v) is 11.3. The molecule has 1 unspecified atom stereocenters. The molecule has 7 nitrogen and oxygen atoms in total. The predicted octanol–water partition coefficient (Wildman–Crippen LogP) is -0.625. The van der Waals surface area contributed by atoms with Crippen LogP contribution < -0.4 is 17.0 Å². The lowest BCUT2D eigenvalue weighted by Gasteiger charge is -2.11. The van der Waals surface area contributed by atoms with Crippen LogP contribution >= 0.6 is 12.4 Å². The molecular weight excluding hydrogens is 258 g/mol. The number of nitrogens with zero attached hydrogens (tertiary/aromatic N) is 4. The zero-order chi connectivity index (χ0) is 12.7. The van der Waals surface area contributed by atoms with Crippen LogP contribution in [0.25, 0.3) is 11.2 Å². The maximum atomic E-state index is 12.1. The molecule has 2 rings (SSSR count). The van der Waals surface area contributed by atoms with Crippen molar-refractivity contribution in [1.29, 1.82) is 0 Å². The highest BCUT2D eigenvalue weighted by Gasteiger charge is 2.16. The number of aromatic nitrogens is 4. The molecule has 0 aromatic carbocycles. The van der Waals surface area contributed by atoms with E-state index in [9.17, 15) is 9.59 Å². The Morgan fingerprint density at radius 1 is 1.33 bits per heavy atom. The van der Waals surface area contributed by atoms with Crippen LogP contribution in [0.3, 0.4) is 0 Å². The van der Waals surface area contributed by atoms with Gasteiger partial charge in [-0.2, -0.15) is 0 Å². The van der Waals surface area contributed by atoms with E-state index in [4.69, 9.17) is 5.73 Å². The van der Waals surface area contributed by atoms with Gasteiger partial charge in [0.2, 0.25) is 0 Å². The van der Waals surface area contributed by atoms with E-state index in [-0.39, 0.29) is 29.7 Å². The van der Waals surface area contributed by atoms with Crippen LogP contribution in [0.2, 0.25) is 0 Å². The van der Waals surface area contributed by atoms with Crippen LogP contribution in [-0.4, -0.2) is 25.2 Å². The maximum Gasteiger partial charge on any atom is 0.332 e. The van der Waals surface area contributed by atoms with Crippen molar-refractivity contribution in [3.63, 3.8) is 0 Å². The molecule has 0 saturated carbocycles. The molecule has 0 aliphatic heterocycles. The Kier molecular flexibility index (Phi) is 3.98. The first kappa shape index (κ1) is 14.5. The minimum atomic E-state index is -0.381. The number of rotatable bonds is 2. The highest BCUT2D eigenvalue weighted by Crippen LogP contribution is 2.11. The van der Waals surface area contributed by atoms with Gasteiger partial charge in [-0.1, -0.05) is 0 Å². The molecular formula is C10H16ClN5O2. The van der Waals surface area contributed by atoms with Crippen molar-refractivity contribution in [2.45, 2.75) is 13.0 Å². The number of hydrogen-bond acceptors (Lipinski definition) is 4. The van der Waals surface area contributed by atoms with Crippen molar-refractivity contribution >= 4 is 23.6 Å². The van der Waals surface area contributed by atoms with Gasteiger partial charge in [-0.05, 0) is 6.92 Å². The van der Waals surface area contributed by atoms with Crippen LogP contribution in [0.15, 0.2) is 15.9 Å². The van der Waals surface area contributed by atoms with Crippen LogP contribution in [0.1, 0.15) is 13.0 Å². The van der Waals surface area contributed by atoms with Gasteiger partial charge in [0.05, 0.1) is 6.33 Å². The molecule has 0 spiro atoms. The second-order valence-corrected chi connectivity index (χ2v) is 4.11. The van der Waals surface area contributed by atoms with Gasteiger partial charge >= 0.3 is 5.69 Å². The highest BCUT2D eigenvalue weighted by molar-refractivity contribution is 5.85. The molecule has 0 saturated heterocycles. The van der Waals surface area contributed by atoms with E-state index in [1.54, 1.807) is 17.9 Å². The van der Waals surface area contributed by atoms with Gasteiger partial charge in [0, 0.05) is 26.7 Å². The van der Waals surface area contributed by atoms with Gasteiger partial charge in [-0.25, -0.2) is 9.78 Å². The third-order valence-corrected chi connectivity index (χ3v) is 2.99. The summed E-state index contributed by atoms with van der Waals surface area (Å²) >= 11 is 0. The smallest absolute Gasteiger partial charge is 0.328 e. The summed E-state index contributed by atoms with van der Waals surface area (Å²) in [5, 5.41) is 0. The SMILES string of the molecule is CC(CN)n1cnc2c1c(=O)n(C)c(=O)n2C.Cl. The summed E-state index contributed by atoms with van der Waals surface area (Å²) in [6.07, 6.45) is 1.54. The Balaban J connectivity index is 0.00000162. The largest absolute Gasteiger partial charge is 0.332 e. The Morgan fingerprint density at radius 2 is 1.94 bits per heavy atom. The second kappa shape index (κ2) is 4.95. The summed E-state index contributed by atoms with van der Waals surface area (Å²) in [6.45, 7) is 2.29. The van der Waals surface area contributed by atoms with E-state index >= 15 is 0 Å². The molecule has 0 fully saturated rings. The van der Waals surface area contributed by atoms with Crippen LogP contribution in [0.4, 0.5) is 0 Å². The number of imidazole rings is 1. The van der Waals surface area contributed by atoms with Crippen LogP contribution in [0.5, 0.6) is 0 Å². The van der Waals surface area contributed by atoms with Crippen LogP contribution in [0, 0.1) is 0 Å². The van der Waals surface area contributed by atoms with E-state index in [1.807, 2.05) is 6.92 Å². The summed E-state index contributed by atoms with van der Waals surface area (Å²) in [5.41, 5.74) is 5.65. The fourth-order valence-electron chi connectivity index (χ4n) is 1.81. The third kappa shape index (κ3) is 1.85. The lowest BCUT2D eigenvalue weighted by molar-refractivity contribution is 0.568. The molecule has 0 amide bonds. The summed E-state index contributed by atoms with van der Waals surface area (Å²) in [6, 6.07) is -0.0368. The minimum Gasteiger partial charge on any atom is -0.328 e. The van der Waals surface area contributed by atoms with Gasteiger partial charge in [0.15, 0.2) is 11.2 Å². The Bertz CT molecular complexity index is 684. The molecule has 2 aromatic rings. The summed E-state index contributed by atoms with van der Waals surface area (Å²) in [7, 11) is 3.04. The lowest BCUT2D eigenvalue weighted by Crippen LogP contribution is -2.38. The van der Waals surface area contributed by atoms with Crippen LogP contribution in [-0.2, 0) is 14.1 Å². The average molecular weight is 274 g/mol. The molecule has 1 atom stereocenters. The maximum absolute atomic E-state index is 12.1. The Labute approximate surface area is 109 Å². The van der Waals surface area contributed by atoms with Gasteiger partial charge in [0.1, 0.15) is 0 Å². The van der Waals surface area contributed by atoms with Gasteiger partial charge in [0.25, 0.3) is 5.56 Å². The van der Waals surface area contributed by atoms with E-state index in [2.05, 4.69) is 4.98 Å². The van der Waals surface area contributed by atoms with Crippen molar-refractivity contribution in [2.24, 2.45) is 19.8 Å². The monoisotopic (exact) mass is 273 g/mol. The number of aryl methyl sites for hydroxylation is 1.